The van der Waals surface area contributed by atoms with Gasteiger partial charge in [0.1, 0.15) is 11.3 Å². The Morgan fingerprint density at radius 3 is 2.35 bits per heavy atom. The van der Waals surface area contributed by atoms with Crippen LogP contribution in [0.2, 0.25) is 5.02 Å². The molecule has 0 fully saturated rings. The van der Waals surface area contributed by atoms with Crippen molar-refractivity contribution in [3.63, 3.8) is 0 Å². The summed E-state index contributed by atoms with van der Waals surface area (Å²) in [6.45, 7) is 4.21. The predicted molar refractivity (Wildman–Crippen MR) is 79.0 cm³/mol. The quantitative estimate of drug-likeness (QED) is 0.866. The minimum Gasteiger partial charge on any atom is -0.478 e. The number of para-hydroxylation sites is 1. The van der Waals surface area contributed by atoms with E-state index in [4.69, 9.17) is 21.4 Å². The third kappa shape index (κ3) is 3.11. The maximum Gasteiger partial charge on any atom is 0.339 e. The summed E-state index contributed by atoms with van der Waals surface area (Å²) in [6.07, 6.45) is 0. The van der Waals surface area contributed by atoms with Crippen molar-refractivity contribution in [1.29, 1.82) is 0 Å². The Balaban J connectivity index is 2.32. The fourth-order valence-electron chi connectivity index (χ4n) is 1.82. The zero-order chi connectivity index (χ0) is 14.7. The van der Waals surface area contributed by atoms with E-state index in [1.807, 2.05) is 24.3 Å². The van der Waals surface area contributed by atoms with Gasteiger partial charge in [-0.3, -0.25) is 0 Å². The van der Waals surface area contributed by atoms with Crippen LogP contribution in [0.25, 0.3) is 0 Å². The number of halogens is 1. The highest BCUT2D eigenvalue weighted by Crippen LogP contribution is 2.33. The molecule has 3 nitrogen and oxygen atoms in total. The first-order valence-electron chi connectivity index (χ1n) is 6.28. The van der Waals surface area contributed by atoms with Crippen LogP contribution in [0.5, 0.6) is 11.5 Å². The Kier molecular flexibility index (Phi) is 4.30. The smallest absolute Gasteiger partial charge is 0.339 e. The summed E-state index contributed by atoms with van der Waals surface area (Å²) >= 11 is 6.02. The van der Waals surface area contributed by atoms with E-state index in [0.29, 0.717) is 11.7 Å². The number of hydrogen-bond donors (Lipinski definition) is 1. The van der Waals surface area contributed by atoms with Crippen molar-refractivity contribution < 1.29 is 14.6 Å². The monoisotopic (exact) mass is 290 g/mol. The van der Waals surface area contributed by atoms with E-state index in [-0.39, 0.29) is 16.3 Å². The summed E-state index contributed by atoms with van der Waals surface area (Å²) in [5, 5.41) is 9.42. The molecular weight excluding hydrogens is 276 g/mol. The molecule has 0 saturated carbocycles. The molecule has 0 spiro atoms. The van der Waals surface area contributed by atoms with Gasteiger partial charge in [-0.25, -0.2) is 4.79 Å². The molecule has 1 N–H and O–H groups in total. The van der Waals surface area contributed by atoms with E-state index >= 15 is 0 Å². The van der Waals surface area contributed by atoms with Crippen LogP contribution in [0, 0.1) is 0 Å². The maximum atomic E-state index is 11.2. The Labute approximate surface area is 122 Å². The lowest BCUT2D eigenvalue weighted by molar-refractivity contribution is 0.0694. The van der Waals surface area contributed by atoms with Gasteiger partial charge in [0.2, 0.25) is 0 Å². The van der Waals surface area contributed by atoms with Gasteiger partial charge in [0.25, 0.3) is 0 Å². The highest BCUT2D eigenvalue weighted by atomic mass is 35.5. The van der Waals surface area contributed by atoms with Crippen LogP contribution in [-0.2, 0) is 0 Å². The highest BCUT2D eigenvalue weighted by molar-refractivity contribution is 6.32. The van der Waals surface area contributed by atoms with E-state index in [0.717, 1.165) is 0 Å². The van der Waals surface area contributed by atoms with Crippen molar-refractivity contribution >= 4 is 17.6 Å². The molecule has 104 valence electrons. The molecule has 0 amide bonds. The number of aromatic carboxylic acids is 1. The largest absolute Gasteiger partial charge is 0.478 e. The number of carbonyl (C=O) groups is 1. The first-order valence-corrected chi connectivity index (χ1v) is 6.66. The molecule has 4 heteroatoms. The van der Waals surface area contributed by atoms with Gasteiger partial charge in [-0.2, -0.15) is 0 Å². The van der Waals surface area contributed by atoms with Crippen molar-refractivity contribution in [3.8, 4) is 11.5 Å². The minimum atomic E-state index is -1.07. The fourth-order valence-corrected chi connectivity index (χ4v) is 2.03. The second-order valence-corrected chi connectivity index (χ2v) is 5.15. The SMILES string of the molecule is CC(C)c1ccc(Oc2c(Cl)cccc2C(=O)O)cc1. The topological polar surface area (TPSA) is 46.5 Å². The van der Waals surface area contributed by atoms with Crippen molar-refractivity contribution in [2.24, 2.45) is 0 Å². The summed E-state index contributed by atoms with van der Waals surface area (Å²) in [5.41, 5.74) is 1.24. The molecule has 20 heavy (non-hydrogen) atoms. The number of benzene rings is 2. The van der Waals surface area contributed by atoms with Crippen LogP contribution in [0.1, 0.15) is 35.7 Å². The highest BCUT2D eigenvalue weighted by Gasteiger charge is 2.15. The summed E-state index contributed by atoms with van der Waals surface area (Å²) in [4.78, 5) is 11.2. The molecule has 0 aromatic heterocycles. The van der Waals surface area contributed by atoms with Gasteiger partial charge in [0.05, 0.1) is 5.02 Å². The standard InChI is InChI=1S/C16H15ClO3/c1-10(2)11-6-8-12(9-7-11)20-15-13(16(18)19)4-3-5-14(15)17/h3-10H,1-2H3,(H,18,19). The summed E-state index contributed by atoms with van der Waals surface area (Å²) in [5.74, 6) is 0.0872. The average Bonchev–Trinajstić information content (AvgIpc) is 2.41. The van der Waals surface area contributed by atoms with Gasteiger partial charge in [0, 0.05) is 0 Å². The van der Waals surface area contributed by atoms with Gasteiger partial charge >= 0.3 is 5.97 Å². The van der Waals surface area contributed by atoms with Crippen LogP contribution in [0.15, 0.2) is 42.5 Å². The van der Waals surface area contributed by atoms with Crippen LogP contribution in [0.4, 0.5) is 0 Å². The second-order valence-electron chi connectivity index (χ2n) is 4.75. The third-order valence-corrected chi connectivity index (χ3v) is 3.26. The maximum absolute atomic E-state index is 11.2. The van der Waals surface area contributed by atoms with Crippen molar-refractivity contribution in [3.05, 3.63) is 58.6 Å². The van der Waals surface area contributed by atoms with E-state index < -0.39 is 5.97 Å². The molecule has 0 unspecified atom stereocenters. The first kappa shape index (κ1) is 14.4. The lowest BCUT2D eigenvalue weighted by Crippen LogP contribution is -2.00. The van der Waals surface area contributed by atoms with Gasteiger partial charge < -0.3 is 9.84 Å². The van der Waals surface area contributed by atoms with Gasteiger partial charge in [-0.1, -0.05) is 43.6 Å². The lowest BCUT2D eigenvalue weighted by atomic mass is 10.0. The molecule has 2 aromatic rings. The van der Waals surface area contributed by atoms with E-state index in [9.17, 15) is 4.79 Å². The molecule has 0 bridgehead atoms. The van der Waals surface area contributed by atoms with Crippen LogP contribution < -0.4 is 4.74 Å². The normalized spacial score (nSPS) is 10.6. The van der Waals surface area contributed by atoms with Crippen molar-refractivity contribution in [1.82, 2.24) is 0 Å². The lowest BCUT2D eigenvalue weighted by Gasteiger charge is -2.11. The molecule has 0 aliphatic heterocycles. The number of carboxylic acid groups (broad SMARTS) is 1. The first-order chi connectivity index (χ1) is 9.49. The summed E-state index contributed by atoms with van der Waals surface area (Å²) in [6, 6.07) is 12.2. The van der Waals surface area contributed by atoms with Gasteiger partial charge in [-0.15, -0.1) is 0 Å². The van der Waals surface area contributed by atoms with Crippen LogP contribution in [0.3, 0.4) is 0 Å². The van der Waals surface area contributed by atoms with Crippen LogP contribution in [-0.4, -0.2) is 11.1 Å². The Morgan fingerprint density at radius 2 is 1.80 bits per heavy atom. The zero-order valence-corrected chi connectivity index (χ0v) is 12.0. The van der Waals surface area contributed by atoms with Crippen molar-refractivity contribution in [2.45, 2.75) is 19.8 Å². The zero-order valence-electron chi connectivity index (χ0n) is 11.3. The number of rotatable bonds is 4. The van der Waals surface area contributed by atoms with E-state index in [2.05, 4.69) is 13.8 Å². The van der Waals surface area contributed by atoms with Gasteiger partial charge in [0.15, 0.2) is 5.75 Å². The summed E-state index contributed by atoms with van der Waals surface area (Å²) in [7, 11) is 0. The summed E-state index contributed by atoms with van der Waals surface area (Å²) < 4.78 is 5.62. The molecule has 2 rings (SSSR count). The van der Waals surface area contributed by atoms with E-state index in [1.54, 1.807) is 12.1 Å². The third-order valence-electron chi connectivity index (χ3n) is 2.96. The molecule has 2 aromatic carbocycles. The average molecular weight is 291 g/mol. The Morgan fingerprint density at radius 1 is 1.15 bits per heavy atom. The number of ether oxygens (including phenoxy) is 1. The van der Waals surface area contributed by atoms with E-state index in [1.165, 1.54) is 11.6 Å². The molecule has 0 radical (unpaired) electrons. The second kappa shape index (κ2) is 5.97. The Bertz CT molecular complexity index is 618. The van der Waals surface area contributed by atoms with Crippen molar-refractivity contribution in [2.75, 3.05) is 0 Å². The van der Waals surface area contributed by atoms with Gasteiger partial charge in [-0.05, 0) is 35.7 Å². The fraction of sp³-hybridized carbons (Fsp3) is 0.188. The Hall–Kier alpha value is -2.00. The molecular formula is C16H15ClO3. The molecule has 0 saturated heterocycles. The molecule has 0 aliphatic carbocycles. The molecule has 0 aliphatic rings. The minimum absolute atomic E-state index is 0.0467. The number of carboxylic acids is 1. The molecule has 0 atom stereocenters. The molecule has 0 heterocycles. The number of hydrogen-bond acceptors (Lipinski definition) is 2. The predicted octanol–water partition coefficient (Wildman–Crippen LogP) is 4.95. The van der Waals surface area contributed by atoms with Crippen LogP contribution >= 0.6 is 11.6 Å².